The van der Waals surface area contributed by atoms with Crippen molar-refractivity contribution in [3.8, 4) is 11.3 Å². The lowest BCUT2D eigenvalue weighted by Gasteiger charge is -2.25. The highest BCUT2D eigenvalue weighted by Gasteiger charge is 2.33. The first kappa shape index (κ1) is 17.2. The maximum absolute atomic E-state index is 12.7. The summed E-state index contributed by atoms with van der Waals surface area (Å²) in [4.78, 5) is 14.1. The predicted octanol–water partition coefficient (Wildman–Crippen LogP) is 6.05. The highest BCUT2D eigenvalue weighted by Crippen LogP contribution is 2.42. The van der Waals surface area contributed by atoms with Gasteiger partial charge in [-0.1, -0.05) is 23.2 Å². The van der Waals surface area contributed by atoms with Gasteiger partial charge < -0.3 is 15.1 Å². The maximum Gasteiger partial charge on any atom is 0.256 e. The molecule has 1 aliphatic heterocycles. The number of anilines is 1. The summed E-state index contributed by atoms with van der Waals surface area (Å²) in [7, 11) is 0. The van der Waals surface area contributed by atoms with Crippen LogP contribution in [0.2, 0.25) is 10.0 Å². The molecule has 2 aromatic heterocycles. The monoisotopic (exact) mass is 418 g/mol. The SMILES string of the molecule is O=C1N[C@H](c2ccc(-c3cc(Cl)cc(Cl)c3)o2)Nc2sc3c(c21)CCCC3. The summed E-state index contributed by atoms with van der Waals surface area (Å²) in [6.45, 7) is 0. The lowest BCUT2D eigenvalue weighted by atomic mass is 9.94. The summed E-state index contributed by atoms with van der Waals surface area (Å²) in [5.74, 6) is 1.27. The van der Waals surface area contributed by atoms with Crippen molar-refractivity contribution in [2.75, 3.05) is 5.32 Å². The fraction of sp³-hybridized carbons (Fsp3) is 0.250. The summed E-state index contributed by atoms with van der Waals surface area (Å²) in [6, 6.07) is 9.00. The normalized spacial score (nSPS) is 18.4. The van der Waals surface area contributed by atoms with Crippen LogP contribution in [0, 0.1) is 0 Å². The molecule has 2 N–H and O–H groups in total. The van der Waals surface area contributed by atoms with Gasteiger partial charge in [-0.25, -0.2) is 0 Å². The molecule has 0 radical (unpaired) electrons. The molecule has 1 aliphatic carbocycles. The van der Waals surface area contributed by atoms with Gasteiger partial charge in [-0.3, -0.25) is 4.79 Å². The zero-order valence-corrected chi connectivity index (χ0v) is 16.6. The number of furan rings is 1. The second-order valence-corrected chi connectivity index (χ2v) is 8.80. The molecule has 2 aliphatic rings. The van der Waals surface area contributed by atoms with Gasteiger partial charge in [-0.15, -0.1) is 11.3 Å². The van der Waals surface area contributed by atoms with E-state index in [1.54, 1.807) is 29.5 Å². The van der Waals surface area contributed by atoms with E-state index < -0.39 is 6.17 Å². The number of hydrogen-bond donors (Lipinski definition) is 2. The summed E-state index contributed by atoms with van der Waals surface area (Å²) < 4.78 is 5.99. The van der Waals surface area contributed by atoms with E-state index in [-0.39, 0.29) is 5.91 Å². The smallest absolute Gasteiger partial charge is 0.256 e. The molecule has 0 bridgehead atoms. The number of fused-ring (bicyclic) bond motifs is 3. The minimum atomic E-state index is -0.395. The molecule has 0 saturated carbocycles. The van der Waals surface area contributed by atoms with E-state index >= 15 is 0 Å². The molecule has 7 heteroatoms. The molecule has 138 valence electrons. The number of halogens is 2. The molecule has 1 atom stereocenters. The molecule has 4 nitrogen and oxygen atoms in total. The number of nitrogens with one attached hydrogen (secondary N) is 2. The molecule has 3 heterocycles. The van der Waals surface area contributed by atoms with Crippen molar-refractivity contribution in [2.24, 2.45) is 0 Å². The summed E-state index contributed by atoms with van der Waals surface area (Å²) >= 11 is 13.9. The molecule has 0 spiro atoms. The highest BCUT2D eigenvalue weighted by molar-refractivity contribution is 7.16. The average Bonchev–Trinajstić information content (AvgIpc) is 3.25. The number of carbonyl (C=O) groups excluding carboxylic acids is 1. The van der Waals surface area contributed by atoms with E-state index in [1.165, 1.54) is 16.9 Å². The Balaban J connectivity index is 1.46. The number of carbonyl (C=O) groups is 1. The first-order valence-electron chi connectivity index (χ1n) is 8.86. The number of rotatable bonds is 2. The molecular weight excluding hydrogens is 403 g/mol. The van der Waals surface area contributed by atoms with Gasteiger partial charge in [0.15, 0.2) is 6.17 Å². The molecule has 27 heavy (non-hydrogen) atoms. The molecule has 0 saturated heterocycles. The van der Waals surface area contributed by atoms with Crippen molar-refractivity contribution in [3.63, 3.8) is 0 Å². The van der Waals surface area contributed by atoms with Crippen molar-refractivity contribution in [1.82, 2.24) is 5.32 Å². The van der Waals surface area contributed by atoms with Crippen LogP contribution in [0.1, 0.15) is 45.6 Å². The minimum absolute atomic E-state index is 0.0306. The Morgan fingerprint density at radius 3 is 2.63 bits per heavy atom. The highest BCUT2D eigenvalue weighted by atomic mass is 35.5. The number of hydrogen-bond acceptors (Lipinski definition) is 4. The second kappa shape index (κ2) is 6.59. The van der Waals surface area contributed by atoms with E-state index in [0.717, 1.165) is 35.4 Å². The third kappa shape index (κ3) is 3.04. The topological polar surface area (TPSA) is 54.3 Å². The van der Waals surface area contributed by atoms with Gasteiger partial charge in [-0.05, 0) is 61.6 Å². The number of amides is 1. The first-order chi connectivity index (χ1) is 13.1. The van der Waals surface area contributed by atoms with Crippen LogP contribution in [-0.2, 0) is 12.8 Å². The maximum atomic E-state index is 12.7. The molecule has 0 fully saturated rings. The fourth-order valence-corrected chi connectivity index (χ4v) is 5.62. The van der Waals surface area contributed by atoms with Crippen molar-refractivity contribution in [1.29, 1.82) is 0 Å². The van der Waals surface area contributed by atoms with Gasteiger partial charge in [0.25, 0.3) is 5.91 Å². The Bertz CT molecular complexity index is 1040. The van der Waals surface area contributed by atoms with Crippen LogP contribution >= 0.6 is 34.5 Å². The Morgan fingerprint density at radius 1 is 1.04 bits per heavy atom. The van der Waals surface area contributed by atoms with Crippen LogP contribution in [-0.4, -0.2) is 5.91 Å². The van der Waals surface area contributed by atoms with Crippen LogP contribution in [0.3, 0.4) is 0 Å². The van der Waals surface area contributed by atoms with E-state index in [1.807, 2.05) is 12.1 Å². The Morgan fingerprint density at radius 2 is 1.81 bits per heavy atom. The van der Waals surface area contributed by atoms with Crippen molar-refractivity contribution in [3.05, 3.63) is 62.1 Å². The number of benzene rings is 1. The van der Waals surface area contributed by atoms with Crippen LogP contribution in [0.4, 0.5) is 5.00 Å². The summed E-state index contributed by atoms with van der Waals surface area (Å²) in [6.07, 6.45) is 4.00. The quantitative estimate of drug-likeness (QED) is 0.532. The molecule has 0 unspecified atom stereocenters. The zero-order chi connectivity index (χ0) is 18.5. The lowest BCUT2D eigenvalue weighted by molar-refractivity contribution is 0.0930. The van der Waals surface area contributed by atoms with Gasteiger partial charge in [0.1, 0.15) is 16.5 Å². The Kier molecular flexibility index (Phi) is 4.19. The fourth-order valence-electron chi connectivity index (χ4n) is 3.78. The minimum Gasteiger partial charge on any atom is -0.457 e. The van der Waals surface area contributed by atoms with Crippen molar-refractivity contribution in [2.45, 2.75) is 31.8 Å². The van der Waals surface area contributed by atoms with Gasteiger partial charge in [0.2, 0.25) is 0 Å². The molecular formula is C20H16Cl2N2O2S. The molecule has 3 aromatic rings. The van der Waals surface area contributed by atoms with Gasteiger partial charge >= 0.3 is 0 Å². The molecule has 5 rings (SSSR count). The third-order valence-corrected chi connectivity index (χ3v) is 6.67. The standard InChI is InChI=1S/C20H16Cl2N2O2S/c21-11-7-10(8-12(22)9-11)14-5-6-15(26-14)18-23-19(25)17-13-3-1-2-4-16(13)27-20(17)24-18/h5-9,18,24H,1-4H2,(H,23,25)/t18-/m0/s1. The summed E-state index contributed by atoms with van der Waals surface area (Å²) in [5, 5.41) is 8.50. The van der Waals surface area contributed by atoms with E-state index in [0.29, 0.717) is 21.6 Å². The largest absolute Gasteiger partial charge is 0.457 e. The second-order valence-electron chi connectivity index (χ2n) is 6.83. The van der Waals surface area contributed by atoms with Crippen molar-refractivity contribution >= 4 is 45.4 Å². The molecule has 1 amide bonds. The average molecular weight is 419 g/mol. The number of aryl methyl sites for hydroxylation is 1. The van der Waals surface area contributed by atoms with Crippen LogP contribution in [0.5, 0.6) is 0 Å². The van der Waals surface area contributed by atoms with E-state index in [2.05, 4.69) is 10.6 Å². The van der Waals surface area contributed by atoms with Gasteiger partial charge in [-0.2, -0.15) is 0 Å². The van der Waals surface area contributed by atoms with Crippen LogP contribution < -0.4 is 10.6 Å². The van der Waals surface area contributed by atoms with Crippen molar-refractivity contribution < 1.29 is 9.21 Å². The van der Waals surface area contributed by atoms with E-state index in [4.69, 9.17) is 27.6 Å². The summed E-state index contributed by atoms with van der Waals surface area (Å²) in [5.41, 5.74) is 2.84. The predicted molar refractivity (Wildman–Crippen MR) is 109 cm³/mol. The van der Waals surface area contributed by atoms with Crippen LogP contribution in [0.25, 0.3) is 11.3 Å². The number of thiophene rings is 1. The van der Waals surface area contributed by atoms with Gasteiger partial charge in [0.05, 0.1) is 5.56 Å². The third-order valence-electron chi connectivity index (χ3n) is 5.01. The van der Waals surface area contributed by atoms with Gasteiger partial charge in [0, 0.05) is 20.5 Å². The zero-order valence-electron chi connectivity index (χ0n) is 14.3. The molecule has 1 aromatic carbocycles. The lowest BCUT2D eigenvalue weighted by Crippen LogP contribution is -2.38. The Labute approximate surface area is 170 Å². The van der Waals surface area contributed by atoms with Crippen LogP contribution in [0.15, 0.2) is 34.7 Å². The van der Waals surface area contributed by atoms with E-state index in [9.17, 15) is 4.79 Å². The first-order valence-corrected chi connectivity index (χ1v) is 10.4. The Hall–Kier alpha value is -1.95.